The van der Waals surface area contributed by atoms with Gasteiger partial charge in [0.2, 0.25) is 5.91 Å². The zero-order valence-corrected chi connectivity index (χ0v) is 11.9. The Morgan fingerprint density at radius 2 is 2.53 bits per heavy atom. The monoisotopic (exact) mass is 315 g/mol. The van der Waals surface area contributed by atoms with Gasteiger partial charge in [-0.15, -0.1) is 0 Å². The average molecular weight is 316 g/mol. The van der Waals surface area contributed by atoms with Gasteiger partial charge in [0.25, 0.3) is 0 Å². The highest BCUT2D eigenvalue weighted by atomic mass is 79.9. The molecule has 0 radical (unpaired) electrons. The van der Waals surface area contributed by atoms with Crippen molar-refractivity contribution in [1.29, 1.82) is 0 Å². The van der Waals surface area contributed by atoms with Crippen molar-refractivity contribution >= 4 is 39.4 Å². The first kappa shape index (κ1) is 12.9. The Hall–Kier alpha value is -0.590. The summed E-state index contributed by atoms with van der Waals surface area (Å²) in [5.41, 5.74) is 1.06. The number of nitrogens with one attached hydrogen (secondary N) is 2. The first-order chi connectivity index (χ1) is 8.16. The minimum Gasteiger partial charge on any atom is -0.309 e. The van der Waals surface area contributed by atoms with Crippen LogP contribution in [0.1, 0.15) is 5.56 Å². The van der Waals surface area contributed by atoms with Crippen LogP contribution in [0.25, 0.3) is 0 Å². The highest BCUT2D eigenvalue weighted by Gasteiger charge is 2.21. The summed E-state index contributed by atoms with van der Waals surface area (Å²) in [6.07, 6.45) is 1.70. The number of anilines is 1. The molecule has 1 saturated heterocycles. The van der Waals surface area contributed by atoms with Crippen molar-refractivity contribution in [3.63, 3.8) is 0 Å². The number of thioether (sulfide) groups is 1. The highest BCUT2D eigenvalue weighted by molar-refractivity contribution is 9.10. The van der Waals surface area contributed by atoms with Crippen LogP contribution >= 0.6 is 27.7 Å². The van der Waals surface area contributed by atoms with E-state index in [1.807, 2.05) is 13.0 Å². The largest absolute Gasteiger partial charge is 0.309 e. The molecule has 4 nitrogen and oxygen atoms in total. The summed E-state index contributed by atoms with van der Waals surface area (Å²) in [6, 6.07) is 1.75. The molecule has 2 rings (SSSR count). The van der Waals surface area contributed by atoms with Crippen LogP contribution in [0.5, 0.6) is 0 Å². The maximum atomic E-state index is 11.9. The van der Waals surface area contributed by atoms with Crippen molar-refractivity contribution in [1.82, 2.24) is 10.3 Å². The summed E-state index contributed by atoms with van der Waals surface area (Å²) in [5, 5.41) is 6.03. The Morgan fingerprint density at radius 3 is 3.18 bits per heavy atom. The zero-order chi connectivity index (χ0) is 12.3. The predicted molar refractivity (Wildman–Crippen MR) is 74.4 cm³/mol. The third-order valence-corrected chi connectivity index (χ3v) is 4.43. The Kier molecular flexibility index (Phi) is 4.42. The molecule has 1 amide bonds. The number of carbonyl (C=O) groups is 1. The summed E-state index contributed by atoms with van der Waals surface area (Å²) in [6.45, 7) is 2.85. The van der Waals surface area contributed by atoms with E-state index in [2.05, 4.69) is 31.5 Å². The molecule has 0 bridgehead atoms. The number of nitrogens with zero attached hydrogens (tertiary/aromatic N) is 1. The third kappa shape index (κ3) is 3.43. The lowest BCUT2D eigenvalue weighted by atomic mass is 10.2. The summed E-state index contributed by atoms with van der Waals surface area (Å²) >= 11 is 5.18. The number of aryl methyl sites for hydroxylation is 1. The molecule has 1 unspecified atom stereocenters. The van der Waals surface area contributed by atoms with Crippen molar-refractivity contribution in [3.05, 3.63) is 22.3 Å². The number of rotatable bonds is 2. The molecule has 0 aromatic carbocycles. The van der Waals surface area contributed by atoms with Crippen molar-refractivity contribution in [2.75, 3.05) is 23.4 Å². The van der Waals surface area contributed by atoms with E-state index in [1.54, 1.807) is 18.0 Å². The SMILES string of the molecule is Cc1cc(NC(=O)C2CSCCN2)ncc1Br. The van der Waals surface area contributed by atoms with Crippen LogP contribution in [0.2, 0.25) is 0 Å². The van der Waals surface area contributed by atoms with Gasteiger partial charge >= 0.3 is 0 Å². The lowest BCUT2D eigenvalue weighted by Crippen LogP contribution is -2.46. The Labute approximate surface area is 113 Å². The molecule has 0 spiro atoms. The van der Waals surface area contributed by atoms with Crippen LogP contribution in [0.3, 0.4) is 0 Å². The van der Waals surface area contributed by atoms with Gasteiger partial charge in [-0.05, 0) is 34.5 Å². The molecule has 2 N–H and O–H groups in total. The van der Waals surface area contributed by atoms with Crippen molar-refractivity contribution in [3.8, 4) is 0 Å². The standard InChI is InChI=1S/C11H14BrN3OS/c1-7-4-10(14-5-8(7)12)15-11(16)9-6-17-3-2-13-9/h4-5,9,13H,2-3,6H2,1H3,(H,14,15,16). The molecule has 92 valence electrons. The second-order valence-electron chi connectivity index (χ2n) is 3.89. The van der Waals surface area contributed by atoms with E-state index < -0.39 is 0 Å². The van der Waals surface area contributed by atoms with Gasteiger partial charge in [-0.3, -0.25) is 4.79 Å². The Morgan fingerprint density at radius 1 is 1.71 bits per heavy atom. The Balaban J connectivity index is 1.99. The average Bonchev–Trinajstić information content (AvgIpc) is 2.35. The van der Waals surface area contributed by atoms with Crippen LogP contribution in [0.4, 0.5) is 5.82 Å². The number of aromatic nitrogens is 1. The topological polar surface area (TPSA) is 54.0 Å². The molecule has 1 aromatic heterocycles. The van der Waals surface area contributed by atoms with E-state index in [1.165, 1.54) is 0 Å². The van der Waals surface area contributed by atoms with E-state index in [0.29, 0.717) is 5.82 Å². The van der Waals surface area contributed by atoms with Gasteiger partial charge in [-0.1, -0.05) is 0 Å². The van der Waals surface area contributed by atoms with Gasteiger partial charge in [0, 0.05) is 28.7 Å². The minimum atomic E-state index is -0.112. The first-order valence-corrected chi connectivity index (χ1v) is 7.36. The molecule has 0 saturated carbocycles. The van der Waals surface area contributed by atoms with Gasteiger partial charge in [0.15, 0.2) is 0 Å². The van der Waals surface area contributed by atoms with E-state index in [9.17, 15) is 4.79 Å². The molecule has 2 heterocycles. The molecular weight excluding hydrogens is 302 g/mol. The van der Waals surface area contributed by atoms with Gasteiger partial charge in [-0.25, -0.2) is 4.98 Å². The molecule has 1 aromatic rings. The minimum absolute atomic E-state index is 0.00794. The number of hydrogen-bond acceptors (Lipinski definition) is 4. The fourth-order valence-corrected chi connectivity index (χ4v) is 2.71. The summed E-state index contributed by atoms with van der Waals surface area (Å²) < 4.78 is 0.946. The molecule has 1 aliphatic heterocycles. The van der Waals surface area contributed by atoms with E-state index in [4.69, 9.17) is 0 Å². The third-order valence-electron chi connectivity index (χ3n) is 2.54. The van der Waals surface area contributed by atoms with Crippen LogP contribution in [-0.2, 0) is 4.79 Å². The van der Waals surface area contributed by atoms with Crippen molar-refractivity contribution < 1.29 is 4.79 Å². The summed E-state index contributed by atoms with van der Waals surface area (Å²) in [7, 11) is 0. The van der Waals surface area contributed by atoms with Crippen LogP contribution in [0, 0.1) is 6.92 Å². The molecule has 1 atom stereocenters. The van der Waals surface area contributed by atoms with Gasteiger partial charge in [0.05, 0.1) is 6.04 Å². The van der Waals surface area contributed by atoms with Gasteiger partial charge < -0.3 is 10.6 Å². The second-order valence-corrected chi connectivity index (χ2v) is 5.89. The lowest BCUT2D eigenvalue weighted by molar-refractivity contribution is -0.117. The number of carbonyl (C=O) groups excluding carboxylic acids is 1. The van der Waals surface area contributed by atoms with Crippen LogP contribution in [0.15, 0.2) is 16.7 Å². The molecule has 17 heavy (non-hydrogen) atoms. The summed E-state index contributed by atoms with van der Waals surface area (Å²) in [5.74, 6) is 2.49. The fourth-order valence-electron chi connectivity index (χ4n) is 1.55. The van der Waals surface area contributed by atoms with E-state index in [0.717, 1.165) is 28.1 Å². The maximum Gasteiger partial charge on any atom is 0.243 e. The van der Waals surface area contributed by atoms with Crippen LogP contribution < -0.4 is 10.6 Å². The normalized spacial score (nSPS) is 20.0. The van der Waals surface area contributed by atoms with Crippen molar-refractivity contribution in [2.45, 2.75) is 13.0 Å². The molecule has 1 fully saturated rings. The second kappa shape index (κ2) is 5.84. The quantitative estimate of drug-likeness (QED) is 0.873. The van der Waals surface area contributed by atoms with Crippen LogP contribution in [-0.4, -0.2) is 35.0 Å². The number of halogens is 1. The Bertz CT molecular complexity index is 421. The smallest absolute Gasteiger partial charge is 0.243 e. The lowest BCUT2D eigenvalue weighted by Gasteiger charge is -2.22. The number of hydrogen-bond donors (Lipinski definition) is 2. The maximum absolute atomic E-state index is 11.9. The highest BCUT2D eigenvalue weighted by Crippen LogP contribution is 2.17. The zero-order valence-electron chi connectivity index (χ0n) is 9.50. The van der Waals surface area contributed by atoms with E-state index >= 15 is 0 Å². The molecule has 1 aliphatic rings. The molecular formula is C11H14BrN3OS. The first-order valence-electron chi connectivity index (χ1n) is 5.41. The fraction of sp³-hybridized carbons (Fsp3) is 0.455. The molecule has 0 aliphatic carbocycles. The van der Waals surface area contributed by atoms with Crippen molar-refractivity contribution in [2.24, 2.45) is 0 Å². The predicted octanol–water partition coefficient (Wildman–Crippen LogP) is 1.80. The molecule has 6 heteroatoms. The number of pyridine rings is 1. The summed E-state index contributed by atoms with van der Waals surface area (Å²) in [4.78, 5) is 16.1. The number of amides is 1. The van der Waals surface area contributed by atoms with Gasteiger partial charge in [0.1, 0.15) is 5.82 Å². The van der Waals surface area contributed by atoms with E-state index in [-0.39, 0.29) is 11.9 Å². The van der Waals surface area contributed by atoms with Gasteiger partial charge in [-0.2, -0.15) is 11.8 Å².